The van der Waals surface area contributed by atoms with Crippen molar-refractivity contribution >= 4 is 17.2 Å². The smallest absolute Gasteiger partial charge is 0.258 e. The molecule has 1 heterocycles. The summed E-state index contributed by atoms with van der Waals surface area (Å²) in [5.41, 5.74) is 4.54. The average molecular weight is 395 g/mol. The first kappa shape index (κ1) is 20.1. The molecule has 2 aromatic carbocycles. The van der Waals surface area contributed by atoms with Gasteiger partial charge in [-0.25, -0.2) is 4.98 Å². The number of carbonyl (C=O) groups excluding carboxylic acids is 1. The molecule has 1 amide bonds. The van der Waals surface area contributed by atoms with Gasteiger partial charge in [0, 0.05) is 10.4 Å². The van der Waals surface area contributed by atoms with Crippen LogP contribution in [0.2, 0.25) is 0 Å². The molecule has 0 fully saturated rings. The van der Waals surface area contributed by atoms with E-state index in [-0.39, 0.29) is 12.5 Å². The largest absolute Gasteiger partial charge is 0.484 e. The van der Waals surface area contributed by atoms with Crippen LogP contribution >= 0.6 is 11.3 Å². The Balaban J connectivity index is 1.54. The number of hydrogen-bond acceptors (Lipinski definition) is 4. The third kappa shape index (κ3) is 4.98. The minimum Gasteiger partial charge on any atom is -0.484 e. The molecule has 1 N–H and O–H groups in total. The predicted molar refractivity (Wildman–Crippen MR) is 115 cm³/mol. The van der Waals surface area contributed by atoms with E-state index >= 15 is 0 Å². The van der Waals surface area contributed by atoms with Crippen molar-refractivity contribution in [1.82, 2.24) is 10.3 Å². The first-order valence-corrected chi connectivity index (χ1v) is 10.3. The SMILES string of the molecule is Cc1ccccc1-c1nc(C)c(CNC(=O)COc2ccc(C(C)C)cc2)s1. The van der Waals surface area contributed by atoms with E-state index in [1.54, 1.807) is 11.3 Å². The number of amides is 1. The molecule has 0 saturated heterocycles. The van der Waals surface area contributed by atoms with Crippen LogP contribution in [0.25, 0.3) is 10.6 Å². The van der Waals surface area contributed by atoms with Gasteiger partial charge >= 0.3 is 0 Å². The van der Waals surface area contributed by atoms with Crippen molar-refractivity contribution in [2.75, 3.05) is 6.61 Å². The standard InChI is InChI=1S/C23H26N2O2S/c1-15(2)18-9-11-19(12-10-18)27-14-22(26)24-13-21-17(4)25-23(28-21)20-8-6-5-7-16(20)3/h5-12,15H,13-14H2,1-4H3,(H,24,26). The monoisotopic (exact) mass is 394 g/mol. The van der Waals surface area contributed by atoms with Crippen LogP contribution in [0, 0.1) is 13.8 Å². The molecule has 1 aromatic heterocycles. The van der Waals surface area contributed by atoms with E-state index in [4.69, 9.17) is 4.74 Å². The Morgan fingerprint density at radius 1 is 1.11 bits per heavy atom. The molecule has 0 unspecified atom stereocenters. The minimum absolute atomic E-state index is 0.00350. The van der Waals surface area contributed by atoms with Crippen LogP contribution in [0.3, 0.4) is 0 Å². The van der Waals surface area contributed by atoms with Gasteiger partial charge in [0.05, 0.1) is 12.2 Å². The Morgan fingerprint density at radius 2 is 1.82 bits per heavy atom. The van der Waals surface area contributed by atoms with Gasteiger partial charge in [-0.1, -0.05) is 50.2 Å². The van der Waals surface area contributed by atoms with E-state index in [1.165, 1.54) is 11.1 Å². The first-order chi connectivity index (χ1) is 13.4. The van der Waals surface area contributed by atoms with Gasteiger partial charge in [0.2, 0.25) is 0 Å². The molecule has 0 radical (unpaired) electrons. The van der Waals surface area contributed by atoms with Crippen LogP contribution in [0.1, 0.15) is 41.5 Å². The number of carbonyl (C=O) groups is 1. The number of aromatic nitrogens is 1. The molecule has 0 bridgehead atoms. The molecule has 0 aliphatic rings. The van der Waals surface area contributed by atoms with E-state index in [0.717, 1.165) is 21.1 Å². The fraction of sp³-hybridized carbons (Fsp3) is 0.304. The lowest BCUT2D eigenvalue weighted by atomic mass is 10.0. The summed E-state index contributed by atoms with van der Waals surface area (Å²) in [7, 11) is 0. The van der Waals surface area contributed by atoms with Crippen LogP contribution in [0.15, 0.2) is 48.5 Å². The van der Waals surface area contributed by atoms with Crippen molar-refractivity contribution < 1.29 is 9.53 Å². The van der Waals surface area contributed by atoms with Crippen LogP contribution in [-0.2, 0) is 11.3 Å². The maximum absolute atomic E-state index is 12.2. The second kappa shape index (κ2) is 9.02. The molecule has 0 aliphatic heterocycles. The molecule has 0 saturated carbocycles. The van der Waals surface area contributed by atoms with Gasteiger partial charge in [0.25, 0.3) is 5.91 Å². The summed E-state index contributed by atoms with van der Waals surface area (Å²) >= 11 is 1.62. The molecular formula is C23H26N2O2S. The highest BCUT2D eigenvalue weighted by molar-refractivity contribution is 7.15. The highest BCUT2D eigenvalue weighted by Gasteiger charge is 2.12. The van der Waals surface area contributed by atoms with Gasteiger partial charge in [-0.2, -0.15) is 0 Å². The van der Waals surface area contributed by atoms with Crippen molar-refractivity contribution in [3.05, 3.63) is 70.2 Å². The number of nitrogens with zero attached hydrogens (tertiary/aromatic N) is 1. The summed E-state index contributed by atoms with van der Waals surface area (Å²) in [4.78, 5) is 17.9. The van der Waals surface area contributed by atoms with Gasteiger partial charge in [-0.3, -0.25) is 4.79 Å². The summed E-state index contributed by atoms with van der Waals surface area (Å²) in [6.45, 7) is 8.82. The molecule has 0 aliphatic carbocycles. The molecule has 146 valence electrons. The van der Waals surface area contributed by atoms with E-state index in [2.05, 4.69) is 43.2 Å². The van der Waals surface area contributed by atoms with Gasteiger partial charge in [0.1, 0.15) is 10.8 Å². The molecule has 0 atom stereocenters. The van der Waals surface area contributed by atoms with Crippen LogP contribution in [-0.4, -0.2) is 17.5 Å². The summed E-state index contributed by atoms with van der Waals surface area (Å²) in [5.74, 6) is 1.04. The zero-order chi connectivity index (χ0) is 20.1. The Kier molecular flexibility index (Phi) is 6.47. The maximum Gasteiger partial charge on any atom is 0.258 e. The van der Waals surface area contributed by atoms with E-state index < -0.39 is 0 Å². The van der Waals surface area contributed by atoms with Crippen molar-refractivity contribution in [2.45, 2.75) is 40.2 Å². The molecule has 3 rings (SSSR count). The number of hydrogen-bond donors (Lipinski definition) is 1. The fourth-order valence-corrected chi connectivity index (χ4v) is 3.94. The molecule has 5 heteroatoms. The predicted octanol–water partition coefficient (Wildman–Crippen LogP) is 5.25. The normalized spacial score (nSPS) is 10.9. The van der Waals surface area contributed by atoms with E-state index in [0.29, 0.717) is 18.2 Å². The highest BCUT2D eigenvalue weighted by atomic mass is 32.1. The lowest BCUT2D eigenvalue weighted by Crippen LogP contribution is -2.28. The average Bonchev–Trinajstić information content (AvgIpc) is 3.05. The molecule has 28 heavy (non-hydrogen) atoms. The number of rotatable bonds is 7. The van der Waals surface area contributed by atoms with E-state index in [1.807, 2.05) is 43.3 Å². The minimum atomic E-state index is -0.141. The van der Waals surface area contributed by atoms with Crippen molar-refractivity contribution in [1.29, 1.82) is 0 Å². The summed E-state index contributed by atoms with van der Waals surface area (Å²) in [6.07, 6.45) is 0. The topological polar surface area (TPSA) is 51.2 Å². The van der Waals surface area contributed by atoms with E-state index in [9.17, 15) is 4.79 Å². The quantitative estimate of drug-likeness (QED) is 0.596. The maximum atomic E-state index is 12.2. The molecule has 3 aromatic rings. The number of aryl methyl sites for hydroxylation is 2. The van der Waals surface area contributed by atoms with Crippen LogP contribution < -0.4 is 10.1 Å². The van der Waals surface area contributed by atoms with Crippen molar-refractivity contribution in [3.8, 4) is 16.3 Å². The number of benzene rings is 2. The van der Waals surface area contributed by atoms with Gasteiger partial charge < -0.3 is 10.1 Å². The van der Waals surface area contributed by atoms with Crippen molar-refractivity contribution in [2.24, 2.45) is 0 Å². The lowest BCUT2D eigenvalue weighted by molar-refractivity contribution is -0.123. The van der Waals surface area contributed by atoms with Gasteiger partial charge in [0.15, 0.2) is 6.61 Å². The fourth-order valence-electron chi connectivity index (χ4n) is 2.85. The zero-order valence-corrected chi connectivity index (χ0v) is 17.6. The second-order valence-electron chi connectivity index (χ2n) is 7.13. The van der Waals surface area contributed by atoms with Gasteiger partial charge in [-0.15, -0.1) is 11.3 Å². The Bertz CT molecular complexity index is 945. The number of thiazole rings is 1. The second-order valence-corrected chi connectivity index (χ2v) is 8.22. The lowest BCUT2D eigenvalue weighted by Gasteiger charge is -2.09. The Hall–Kier alpha value is -2.66. The Labute approximate surface area is 170 Å². The number of ether oxygens (including phenoxy) is 1. The van der Waals surface area contributed by atoms with Crippen molar-refractivity contribution in [3.63, 3.8) is 0 Å². The summed E-state index contributed by atoms with van der Waals surface area (Å²) in [5, 5.41) is 3.91. The van der Waals surface area contributed by atoms with Crippen LogP contribution in [0.4, 0.5) is 0 Å². The third-order valence-electron chi connectivity index (χ3n) is 4.63. The summed E-state index contributed by atoms with van der Waals surface area (Å²) in [6, 6.07) is 16.1. The summed E-state index contributed by atoms with van der Waals surface area (Å²) < 4.78 is 5.59. The molecular weight excluding hydrogens is 368 g/mol. The van der Waals surface area contributed by atoms with Gasteiger partial charge in [-0.05, 0) is 43.0 Å². The third-order valence-corrected chi connectivity index (χ3v) is 5.82. The number of nitrogens with one attached hydrogen (secondary N) is 1. The van der Waals surface area contributed by atoms with Crippen LogP contribution in [0.5, 0.6) is 5.75 Å². The molecule has 4 nitrogen and oxygen atoms in total. The highest BCUT2D eigenvalue weighted by Crippen LogP contribution is 2.30. The molecule has 0 spiro atoms. The Morgan fingerprint density at radius 3 is 2.50 bits per heavy atom. The first-order valence-electron chi connectivity index (χ1n) is 9.46. The zero-order valence-electron chi connectivity index (χ0n) is 16.8.